The molecule has 9 heteroatoms. The average molecular weight is 352 g/mol. The Bertz CT molecular complexity index is 446. The zero-order chi connectivity index (χ0) is 15.7. The summed E-state index contributed by atoms with van der Waals surface area (Å²) in [4.78, 5) is 0.848. The van der Waals surface area contributed by atoms with Crippen LogP contribution in [0.15, 0.2) is 12.7 Å². The standard InChI is InChI=1S/C13H15F6NO.ClH/c1-2-3-20-6-8-4-10(12(14,15)16)5-9(7-20)11(8,21-10)13(17,18)19;/h2,8-9H,1,3-7H2;1H. The maximum atomic E-state index is 13.5. The van der Waals surface area contributed by atoms with Crippen molar-refractivity contribution in [2.75, 3.05) is 19.6 Å². The zero-order valence-corrected chi connectivity index (χ0v) is 12.3. The van der Waals surface area contributed by atoms with Crippen molar-refractivity contribution in [1.82, 2.24) is 0 Å². The molecule has 3 aliphatic heterocycles. The summed E-state index contributed by atoms with van der Waals surface area (Å²) in [5.41, 5.74) is -5.23. The third-order valence-corrected chi connectivity index (χ3v) is 5.19. The summed E-state index contributed by atoms with van der Waals surface area (Å²) in [7, 11) is 0. The van der Waals surface area contributed by atoms with E-state index in [4.69, 9.17) is 4.74 Å². The molecule has 2 unspecified atom stereocenters. The highest BCUT2D eigenvalue weighted by Gasteiger charge is 2.84. The molecule has 3 heterocycles. The van der Waals surface area contributed by atoms with Crippen LogP contribution in [0.25, 0.3) is 0 Å². The van der Waals surface area contributed by atoms with E-state index in [2.05, 4.69) is 6.58 Å². The number of rotatable bonds is 2. The molecule has 0 aliphatic carbocycles. The maximum absolute atomic E-state index is 13.5. The summed E-state index contributed by atoms with van der Waals surface area (Å²) in [5.74, 6) is -2.27. The molecule has 3 aliphatic rings. The van der Waals surface area contributed by atoms with Crippen molar-refractivity contribution in [2.45, 2.75) is 36.4 Å². The SMILES string of the molecule is C=CC[NH+]1CC2CC3(C(F)(F)F)CC(C1)C2(C(F)(F)F)O3.[Cl-]. The van der Waals surface area contributed by atoms with Gasteiger partial charge in [0, 0.05) is 11.8 Å². The van der Waals surface area contributed by atoms with Gasteiger partial charge in [-0.25, -0.2) is 0 Å². The van der Waals surface area contributed by atoms with Crippen molar-refractivity contribution >= 4 is 0 Å². The van der Waals surface area contributed by atoms with Crippen molar-refractivity contribution in [1.29, 1.82) is 0 Å². The fraction of sp³-hybridized carbons (Fsp3) is 0.846. The first-order chi connectivity index (χ1) is 9.56. The summed E-state index contributed by atoms with van der Waals surface area (Å²) in [6, 6.07) is 0. The lowest BCUT2D eigenvalue weighted by molar-refractivity contribution is -0.910. The molecule has 3 saturated heterocycles. The number of nitrogens with one attached hydrogen (secondary N) is 1. The largest absolute Gasteiger partial charge is 1.00 e. The van der Waals surface area contributed by atoms with Crippen LogP contribution in [0.5, 0.6) is 0 Å². The minimum Gasteiger partial charge on any atom is -1.00 e. The van der Waals surface area contributed by atoms with Crippen LogP contribution < -0.4 is 17.3 Å². The Morgan fingerprint density at radius 2 is 1.55 bits per heavy atom. The molecule has 0 amide bonds. The molecule has 0 spiro atoms. The topological polar surface area (TPSA) is 13.7 Å². The average Bonchev–Trinajstić information content (AvgIpc) is 2.80. The minimum atomic E-state index is -4.77. The van der Waals surface area contributed by atoms with E-state index in [1.54, 1.807) is 6.08 Å². The number of fused-ring (bicyclic) bond motifs is 1. The van der Waals surface area contributed by atoms with E-state index >= 15 is 0 Å². The zero-order valence-electron chi connectivity index (χ0n) is 11.5. The lowest BCUT2D eigenvalue weighted by Gasteiger charge is -2.46. The number of quaternary nitrogens is 1. The highest BCUT2D eigenvalue weighted by molar-refractivity contribution is 5.19. The molecule has 0 aromatic heterocycles. The number of ether oxygens (including phenoxy) is 1. The van der Waals surface area contributed by atoms with Crippen LogP contribution in [0, 0.1) is 11.8 Å². The van der Waals surface area contributed by atoms with E-state index in [0.29, 0.717) is 6.54 Å². The lowest BCUT2D eigenvalue weighted by atomic mass is 9.64. The van der Waals surface area contributed by atoms with E-state index in [1.807, 2.05) is 0 Å². The molecular weight excluding hydrogens is 336 g/mol. The fourth-order valence-electron chi connectivity index (χ4n) is 4.50. The Morgan fingerprint density at radius 1 is 1.05 bits per heavy atom. The van der Waals surface area contributed by atoms with Crippen molar-refractivity contribution < 1.29 is 48.4 Å². The maximum Gasteiger partial charge on any atom is 0.418 e. The molecule has 2 atom stereocenters. The third-order valence-electron chi connectivity index (χ3n) is 5.19. The van der Waals surface area contributed by atoms with Gasteiger partial charge in [-0.15, -0.1) is 0 Å². The number of likely N-dealkylation sites (tertiary alicyclic amines) is 1. The van der Waals surface area contributed by atoms with Gasteiger partial charge in [0.25, 0.3) is 0 Å². The first-order valence-electron chi connectivity index (χ1n) is 6.84. The van der Waals surface area contributed by atoms with Gasteiger partial charge in [0.05, 0.1) is 19.6 Å². The van der Waals surface area contributed by atoms with Crippen LogP contribution >= 0.6 is 0 Å². The summed E-state index contributed by atoms with van der Waals surface area (Å²) in [6.07, 6.45) is -9.13. The lowest BCUT2D eigenvalue weighted by Crippen LogP contribution is -3.15. The molecule has 3 rings (SSSR count). The summed E-state index contributed by atoms with van der Waals surface area (Å²) >= 11 is 0. The van der Waals surface area contributed by atoms with Crippen LogP contribution in [0.4, 0.5) is 26.3 Å². The van der Waals surface area contributed by atoms with Gasteiger partial charge in [-0.05, 0) is 18.9 Å². The van der Waals surface area contributed by atoms with Crippen LogP contribution in [-0.4, -0.2) is 43.2 Å². The highest BCUT2D eigenvalue weighted by atomic mass is 35.5. The molecule has 0 aromatic carbocycles. The van der Waals surface area contributed by atoms with Crippen molar-refractivity contribution in [3.05, 3.63) is 12.7 Å². The van der Waals surface area contributed by atoms with Gasteiger partial charge >= 0.3 is 12.4 Å². The second-order valence-electron chi connectivity index (χ2n) is 6.34. The first-order valence-corrected chi connectivity index (χ1v) is 6.84. The van der Waals surface area contributed by atoms with Gasteiger partial charge in [-0.3, -0.25) is 0 Å². The predicted molar refractivity (Wildman–Crippen MR) is 60.6 cm³/mol. The normalized spacial score (nSPS) is 43.8. The van der Waals surface area contributed by atoms with Crippen molar-refractivity contribution in [2.24, 2.45) is 11.8 Å². The molecular formula is C13H16ClF6NO. The van der Waals surface area contributed by atoms with Gasteiger partial charge in [0.15, 0.2) is 11.2 Å². The molecule has 128 valence electrons. The Morgan fingerprint density at radius 3 is 1.91 bits per heavy atom. The third kappa shape index (κ3) is 2.10. The second kappa shape index (κ2) is 5.01. The monoisotopic (exact) mass is 351 g/mol. The van der Waals surface area contributed by atoms with E-state index in [0.717, 1.165) is 4.90 Å². The number of hydrogen-bond donors (Lipinski definition) is 1. The Balaban J connectivity index is 0.00000176. The van der Waals surface area contributed by atoms with Crippen LogP contribution in [0.1, 0.15) is 12.8 Å². The highest BCUT2D eigenvalue weighted by Crippen LogP contribution is 2.67. The van der Waals surface area contributed by atoms with E-state index < -0.39 is 48.2 Å². The number of alkyl halides is 6. The summed E-state index contributed by atoms with van der Waals surface area (Å²) in [6.45, 7) is 4.08. The van der Waals surface area contributed by atoms with Gasteiger partial charge in [0.1, 0.15) is 0 Å². The predicted octanol–water partition coefficient (Wildman–Crippen LogP) is -1.27. The molecule has 3 fully saturated rings. The molecule has 0 aromatic rings. The smallest absolute Gasteiger partial charge is 0.418 e. The first kappa shape index (κ1) is 17.9. The van der Waals surface area contributed by atoms with Crippen molar-refractivity contribution in [3.63, 3.8) is 0 Å². The van der Waals surface area contributed by atoms with Gasteiger partial charge in [-0.2, -0.15) is 26.3 Å². The molecule has 2 nitrogen and oxygen atoms in total. The molecule has 1 N–H and O–H groups in total. The summed E-state index contributed by atoms with van der Waals surface area (Å²) in [5, 5.41) is 0. The van der Waals surface area contributed by atoms with Gasteiger partial charge in [-0.1, -0.05) is 6.58 Å². The Labute approximate surface area is 129 Å². The number of hydrogen-bond acceptors (Lipinski definition) is 1. The second-order valence-corrected chi connectivity index (χ2v) is 6.34. The minimum absolute atomic E-state index is 0. The molecule has 0 radical (unpaired) electrons. The van der Waals surface area contributed by atoms with E-state index in [9.17, 15) is 26.3 Å². The van der Waals surface area contributed by atoms with Gasteiger partial charge < -0.3 is 22.0 Å². The molecule has 0 saturated carbocycles. The fourth-order valence-corrected chi connectivity index (χ4v) is 4.50. The molecule has 2 bridgehead atoms. The Kier molecular flexibility index (Phi) is 4.07. The van der Waals surface area contributed by atoms with E-state index in [1.165, 1.54) is 0 Å². The van der Waals surface area contributed by atoms with Crippen LogP contribution in [0.3, 0.4) is 0 Å². The Hall–Kier alpha value is -0.470. The quantitative estimate of drug-likeness (QED) is 0.484. The van der Waals surface area contributed by atoms with Crippen LogP contribution in [0.2, 0.25) is 0 Å². The van der Waals surface area contributed by atoms with Crippen molar-refractivity contribution in [3.8, 4) is 0 Å². The molecule has 22 heavy (non-hydrogen) atoms. The number of halogens is 7. The van der Waals surface area contributed by atoms with Crippen LogP contribution in [-0.2, 0) is 4.74 Å². The van der Waals surface area contributed by atoms with E-state index in [-0.39, 0.29) is 25.5 Å². The number of piperidine rings is 1. The van der Waals surface area contributed by atoms with Gasteiger partial charge in [0.2, 0.25) is 0 Å². The summed E-state index contributed by atoms with van der Waals surface area (Å²) < 4.78 is 85.0.